The molecule has 1 amide bonds. The smallest absolute Gasteiger partial charge is 0.335 e. The molecule has 0 aliphatic carbocycles. The lowest BCUT2D eigenvalue weighted by atomic mass is 10.00. The van der Waals surface area contributed by atoms with Gasteiger partial charge in [-0.15, -0.1) is 0 Å². The number of aromatic nitrogens is 2. The molecular formula is C30H29N5O4. The number of fused-ring (bicyclic) bond motifs is 2. The Morgan fingerprint density at radius 3 is 2.51 bits per heavy atom. The Bertz CT molecular complexity index is 1590. The number of anilines is 1. The quantitative estimate of drug-likeness (QED) is 0.320. The summed E-state index contributed by atoms with van der Waals surface area (Å²) in [5.41, 5.74) is 4.01. The van der Waals surface area contributed by atoms with E-state index in [0.29, 0.717) is 47.5 Å². The van der Waals surface area contributed by atoms with Crippen molar-refractivity contribution in [2.75, 3.05) is 31.1 Å². The lowest BCUT2D eigenvalue weighted by Gasteiger charge is -2.28. The van der Waals surface area contributed by atoms with Crippen LogP contribution in [0.25, 0.3) is 10.9 Å². The van der Waals surface area contributed by atoms with E-state index in [-0.39, 0.29) is 17.4 Å². The van der Waals surface area contributed by atoms with Crippen LogP contribution >= 0.6 is 0 Å². The lowest BCUT2D eigenvalue weighted by molar-refractivity contribution is -0.119. The number of H-pyrrole nitrogens is 1. The van der Waals surface area contributed by atoms with Gasteiger partial charge in [-0.25, -0.2) is 14.8 Å². The number of carboxylic acid groups (broad SMARTS) is 1. The van der Waals surface area contributed by atoms with E-state index >= 15 is 0 Å². The number of hydrogen-bond donors (Lipinski definition) is 3. The number of likely N-dealkylation sites (tertiary alicyclic amines) is 1. The van der Waals surface area contributed by atoms with Gasteiger partial charge in [0, 0.05) is 29.4 Å². The zero-order valence-corrected chi connectivity index (χ0v) is 21.4. The maximum atomic E-state index is 13.1. The van der Waals surface area contributed by atoms with Gasteiger partial charge in [0.1, 0.15) is 0 Å². The van der Waals surface area contributed by atoms with Crippen molar-refractivity contribution in [2.24, 2.45) is 4.99 Å². The average molecular weight is 524 g/mol. The highest BCUT2D eigenvalue weighted by molar-refractivity contribution is 6.22. The molecule has 6 rings (SSSR count). The highest BCUT2D eigenvalue weighted by atomic mass is 16.4. The third-order valence-corrected chi connectivity index (χ3v) is 7.44. The third kappa shape index (κ3) is 4.88. The summed E-state index contributed by atoms with van der Waals surface area (Å²) in [6, 6.07) is 17.8. The first-order chi connectivity index (χ1) is 19.0. The van der Waals surface area contributed by atoms with Crippen LogP contribution < -0.4 is 4.90 Å². The molecule has 4 aromatic rings. The number of carboxylic acids is 1. The zero-order chi connectivity index (χ0) is 26.9. The molecule has 2 aromatic carbocycles. The fraction of sp³-hybridized carbons (Fsp3) is 0.267. The molecule has 39 heavy (non-hydrogen) atoms. The van der Waals surface area contributed by atoms with Crippen LogP contribution in [0.2, 0.25) is 0 Å². The number of piperidine rings is 1. The summed E-state index contributed by atoms with van der Waals surface area (Å²) in [6.07, 6.45) is 4.17. The Hall–Kier alpha value is -4.50. The van der Waals surface area contributed by atoms with Crippen LogP contribution in [-0.4, -0.2) is 68.8 Å². The molecule has 4 heterocycles. The van der Waals surface area contributed by atoms with E-state index in [4.69, 9.17) is 9.98 Å². The summed E-state index contributed by atoms with van der Waals surface area (Å²) in [5, 5.41) is 20.9. The van der Waals surface area contributed by atoms with E-state index in [0.717, 1.165) is 42.9 Å². The standard InChI is InChI=1S/C30H29N5O4/c36-26(18-34-14-5-2-6-15-34)35-16-13-22-24(35)11-12-25(31-22)33-28(19-7-3-1-4-8-19)27-21-10-9-20(30(38)39)17-23(21)32-29(27)37/h1,3-4,7-12,17,32,37H,2,5-6,13-16,18H2,(H,38,39). The Morgan fingerprint density at radius 2 is 1.74 bits per heavy atom. The molecule has 9 heteroatoms. The second-order valence-corrected chi connectivity index (χ2v) is 10.0. The minimum absolute atomic E-state index is 0.100. The molecule has 9 nitrogen and oxygen atoms in total. The van der Waals surface area contributed by atoms with Crippen molar-refractivity contribution in [1.82, 2.24) is 14.9 Å². The number of nitrogens with zero attached hydrogens (tertiary/aromatic N) is 4. The second-order valence-electron chi connectivity index (χ2n) is 10.0. The van der Waals surface area contributed by atoms with Crippen molar-refractivity contribution in [3.05, 3.63) is 83.0 Å². The highest BCUT2D eigenvalue weighted by Gasteiger charge is 2.28. The molecule has 198 valence electrons. The molecule has 2 aliphatic heterocycles. The highest BCUT2D eigenvalue weighted by Crippen LogP contribution is 2.33. The Kier molecular flexibility index (Phi) is 6.58. The molecule has 0 bridgehead atoms. The summed E-state index contributed by atoms with van der Waals surface area (Å²) < 4.78 is 0. The number of aromatic amines is 1. The molecule has 3 N–H and O–H groups in total. The van der Waals surface area contributed by atoms with Crippen molar-refractivity contribution in [3.8, 4) is 5.88 Å². The number of aromatic hydroxyl groups is 1. The predicted molar refractivity (Wildman–Crippen MR) is 149 cm³/mol. The molecule has 0 atom stereocenters. The number of hydrogen-bond acceptors (Lipinski definition) is 6. The van der Waals surface area contributed by atoms with E-state index in [2.05, 4.69) is 9.88 Å². The van der Waals surface area contributed by atoms with Gasteiger partial charge in [-0.1, -0.05) is 42.8 Å². The molecule has 0 unspecified atom stereocenters. The summed E-state index contributed by atoms with van der Waals surface area (Å²) in [5.74, 6) is -0.585. The number of benzene rings is 2. The maximum absolute atomic E-state index is 13.1. The number of nitrogens with one attached hydrogen (secondary N) is 1. The van der Waals surface area contributed by atoms with Gasteiger partial charge < -0.3 is 20.1 Å². The number of aromatic carboxylic acids is 1. The normalized spacial score (nSPS) is 16.0. The van der Waals surface area contributed by atoms with E-state index in [1.165, 1.54) is 18.6 Å². The number of amides is 1. The van der Waals surface area contributed by atoms with Crippen LogP contribution in [-0.2, 0) is 11.2 Å². The van der Waals surface area contributed by atoms with Gasteiger partial charge >= 0.3 is 5.97 Å². The minimum atomic E-state index is -1.05. The minimum Gasteiger partial charge on any atom is -0.494 e. The molecule has 2 aromatic heterocycles. The molecular weight excluding hydrogens is 494 g/mol. The van der Waals surface area contributed by atoms with Crippen molar-refractivity contribution >= 4 is 40.0 Å². The van der Waals surface area contributed by atoms with Crippen LogP contribution in [0.4, 0.5) is 11.5 Å². The Balaban J connectivity index is 1.36. The summed E-state index contributed by atoms with van der Waals surface area (Å²) in [4.78, 5) is 41.1. The maximum Gasteiger partial charge on any atom is 0.335 e. The number of pyridine rings is 1. The summed E-state index contributed by atoms with van der Waals surface area (Å²) >= 11 is 0. The van der Waals surface area contributed by atoms with Gasteiger partial charge in [0.25, 0.3) is 0 Å². The van der Waals surface area contributed by atoms with Crippen molar-refractivity contribution in [2.45, 2.75) is 25.7 Å². The molecule has 0 spiro atoms. The van der Waals surface area contributed by atoms with Gasteiger partial charge in [0.2, 0.25) is 5.91 Å². The summed E-state index contributed by atoms with van der Waals surface area (Å²) in [7, 11) is 0. The lowest BCUT2D eigenvalue weighted by Crippen LogP contribution is -2.41. The zero-order valence-electron chi connectivity index (χ0n) is 21.4. The predicted octanol–water partition coefficient (Wildman–Crippen LogP) is 4.51. The number of carbonyl (C=O) groups is 2. The fourth-order valence-corrected chi connectivity index (χ4v) is 5.50. The van der Waals surface area contributed by atoms with Crippen LogP contribution in [0.1, 0.15) is 46.4 Å². The van der Waals surface area contributed by atoms with Crippen molar-refractivity contribution < 1.29 is 19.8 Å². The fourth-order valence-electron chi connectivity index (χ4n) is 5.50. The number of carbonyl (C=O) groups excluding carboxylic acids is 1. The Labute approximate surface area is 225 Å². The number of rotatable bonds is 6. The van der Waals surface area contributed by atoms with E-state index in [1.807, 2.05) is 41.3 Å². The van der Waals surface area contributed by atoms with Gasteiger partial charge in [-0.05, 0) is 50.2 Å². The van der Waals surface area contributed by atoms with Gasteiger partial charge in [0.05, 0.1) is 34.8 Å². The van der Waals surface area contributed by atoms with Crippen molar-refractivity contribution in [3.63, 3.8) is 0 Å². The van der Waals surface area contributed by atoms with Crippen molar-refractivity contribution in [1.29, 1.82) is 0 Å². The van der Waals surface area contributed by atoms with Gasteiger partial charge in [0.15, 0.2) is 11.7 Å². The van der Waals surface area contributed by atoms with Gasteiger partial charge in [-0.3, -0.25) is 9.69 Å². The van der Waals surface area contributed by atoms with E-state index < -0.39 is 5.97 Å². The first-order valence-corrected chi connectivity index (χ1v) is 13.2. The molecule has 2 aliphatic rings. The molecule has 0 radical (unpaired) electrons. The van der Waals surface area contributed by atoms with Crippen LogP contribution in [0.15, 0.2) is 65.7 Å². The second kappa shape index (κ2) is 10.3. The topological polar surface area (TPSA) is 122 Å². The average Bonchev–Trinajstić information content (AvgIpc) is 3.52. The van der Waals surface area contributed by atoms with Crippen LogP contribution in [0, 0.1) is 0 Å². The molecule has 1 saturated heterocycles. The number of aliphatic imine (C=N–C) groups is 1. The largest absolute Gasteiger partial charge is 0.494 e. The summed E-state index contributed by atoms with van der Waals surface area (Å²) in [6.45, 7) is 2.97. The van der Waals surface area contributed by atoms with Crippen LogP contribution in [0.3, 0.4) is 0 Å². The van der Waals surface area contributed by atoms with E-state index in [9.17, 15) is 19.8 Å². The first kappa shape index (κ1) is 24.8. The molecule has 0 saturated carbocycles. The van der Waals surface area contributed by atoms with E-state index in [1.54, 1.807) is 12.1 Å². The van der Waals surface area contributed by atoms with Crippen LogP contribution in [0.5, 0.6) is 5.88 Å². The molecule has 1 fully saturated rings. The monoisotopic (exact) mass is 523 g/mol. The SMILES string of the molecule is O=C(O)c1ccc2c(C(=Nc3ccc4c(n3)CCN4C(=O)CN3CCCCC3)c3ccccc3)c(O)[nH]c2c1. The third-order valence-electron chi connectivity index (χ3n) is 7.44. The Morgan fingerprint density at radius 1 is 0.949 bits per heavy atom. The van der Waals surface area contributed by atoms with Gasteiger partial charge in [-0.2, -0.15) is 0 Å². The first-order valence-electron chi connectivity index (χ1n) is 13.2.